The van der Waals surface area contributed by atoms with Gasteiger partial charge < -0.3 is 25.7 Å². The topological polar surface area (TPSA) is 158 Å². The van der Waals surface area contributed by atoms with Crippen molar-refractivity contribution in [3.8, 4) is 5.75 Å². The highest BCUT2D eigenvalue weighted by Gasteiger charge is 2.69. The van der Waals surface area contributed by atoms with Crippen LogP contribution in [0.3, 0.4) is 0 Å². The molecule has 0 radical (unpaired) electrons. The second-order valence-corrected chi connectivity index (χ2v) is 12.2. The number of hydrogen-bond acceptors (Lipinski definition) is 9. The van der Waals surface area contributed by atoms with E-state index in [1.807, 2.05) is 30.0 Å². The quantitative estimate of drug-likeness (QED) is 0.479. The summed E-state index contributed by atoms with van der Waals surface area (Å²) in [5.41, 5.74) is 4.67. The van der Waals surface area contributed by atoms with E-state index in [9.17, 15) is 34.2 Å². The Labute approximate surface area is 227 Å². The Bertz CT molecular complexity index is 1280. The molecule has 5 rings (SSSR count). The molecule has 0 aromatic heterocycles. The molecule has 39 heavy (non-hydrogen) atoms. The van der Waals surface area contributed by atoms with Gasteiger partial charge in [0, 0.05) is 44.7 Å². The van der Waals surface area contributed by atoms with Gasteiger partial charge in [0.1, 0.15) is 5.75 Å². The molecule has 0 spiro atoms. The molecule has 2 saturated carbocycles. The van der Waals surface area contributed by atoms with Crippen molar-refractivity contribution in [2.24, 2.45) is 41.2 Å². The Morgan fingerprint density at radius 3 is 2.31 bits per heavy atom. The van der Waals surface area contributed by atoms with Gasteiger partial charge in [-0.1, -0.05) is 13.8 Å². The van der Waals surface area contributed by atoms with E-state index >= 15 is 0 Å². The van der Waals surface area contributed by atoms with Crippen LogP contribution in [0.2, 0.25) is 0 Å². The number of nitrogens with zero attached hydrogens (tertiary/aromatic N) is 2. The summed E-state index contributed by atoms with van der Waals surface area (Å²) in [6.07, 6.45) is 3.33. The highest BCUT2D eigenvalue weighted by atomic mass is 16.3. The molecule has 0 bridgehead atoms. The van der Waals surface area contributed by atoms with Gasteiger partial charge in [-0.3, -0.25) is 24.0 Å². The fourth-order valence-corrected chi connectivity index (χ4v) is 7.66. The smallest absolute Gasteiger partial charge is 0.235 e. The highest BCUT2D eigenvalue weighted by Crippen LogP contribution is 2.54. The van der Waals surface area contributed by atoms with Gasteiger partial charge >= 0.3 is 0 Å². The van der Waals surface area contributed by atoms with E-state index in [0.717, 1.165) is 38.0 Å². The number of rotatable bonds is 4. The number of benzene rings is 1. The third-order valence-electron chi connectivity index (χ3n) is 9.45. The summed E-state index contributed by atoms with van der Waals surface area (Å²) in [5, 5.41) is 23.2. The zero-order chi connectivity index (χ0) is 28.5. The van der Waals surface area contributed by atoms with Crippen molar-refractivity contribution >= 4 is 40.4 Å². The van der Waals surface area contributed by atoms with Crippen LogP contribution >= 0.6 is 0 Å². The van der Waals surface area contributed by atoms with Gasteiger partial charge in [0.2, 0.25) is 5.91 Å². The fraction of sp³-hybridized carbons (Fsp3) is 0.621. The second kappa shape index (κ2) is 9.43. The maximum absolute atomic E-state index is 14.1. The number of phenolic OH excluding ortho intramolecular Hbond substituents is 1. The summed E-state index contributed by atoms with van der Waals surface area (Å²) in [4.78, 5) is 70.9. The zero-order valence-electron chi connectivity index (χ0n) is 22.9. The summed E-state index contributed by atoms with van der Waals surface area (Å²) >= 11 is 0. The summed E-state index contributed by atoms with van der Waals surface area (Å²) in [6, 6.07) is 1.89. The van der Waals surface area contributed by atoms with E-state index in [1.165, 1.54) is 0 Å². The van der Waals surface area contributed by atoms with E-state index in [2.05, 4.69) is 0 Å². The third-order valence-corrected chi connectivity index (χ3v) is 9.45. The molecule has 1 aromatic carbocycles. The summed E-state index contributed by atoms with van der Waals surface area (Å²) in [6.45, 7) is 4.93. The molecular formula is C29H37N3O7. The van der Waals surface area contributed by atoms with E-state index in [-0.39, 0.29) is 30.1 Å². The number of aliphatic hydroxyl groups is 1. The number of carbonyl (C=O) groups is 5. The van der Waals surface area contributed by atoms with Crippen LogP contribution in [0.4, 0.5) is 11.4 Å². The Morgan fingerprint density at radius 2 is 1.74 bits per heavy atom. The van der Waals surface area contributed by atoms with Gasteiger partial charge in [0.25, 0.3) is 0 Å². The summed E-state index contributed by atoms with van der Waals surface area (Å²) < 4.78 is 0. The van der Waals surface area contributed by atoms with Crippen LogP contribution in [0.5, 0.6) is 5.75 Å². The number of aromatic hydroxyl groups is 1. The largest absolute Gasteiger partial charge is 0.505 e. The van der Waals surface area contributed by atoms with Gasteiger partial charge in [-0.2, -0.15) is 0 Å². The summed E-state index contributed by atoms with van der Waals surface area (Å²) in [7, 11) is 3.70. The molecule has 3 fully saturated rings. The van der Waals surface area contributed by atoms with Crippen LogP contribution in [0.15, 0.2) is 6.07 Å². The lowest BCUT2D eigenvalue weighted by molar-refractivity contribution is -0.182. The van der Waals surface area contributed by atoms with E-state index < -0.39 is 64.2 Å². The standard InChI is InChI=1S/C29H37N3O7/c1-13(2)19-16-11-14-10-15-17(31(3)4)12-18(32-8-6-5-7-9-32)23(33)21(15)25(35)20(14)26(36)29(16,39)27(37)22(24(19)34)28(30)38/h12-14,16,19-20,22,33,39H,5-11H2,1-4H3,(H2,30,38)/t14-,16-,19-,20?,22?,29-/m0/s1. The first-order valence-electron chi connectivity index (χ1n) is 13.8. The molecule has 10 heteroatoms. The number of Topliss-reactive ketones (excluding diaryl/α,β-unsaturated/α-hetero) is 4. The van der Waals surface area contributed by atoms with Crippen LogP contribution in [-0.4, -0.2) is 72.0 Å². The minimum atomic E-state index is -2.68. The number of carbonyl (C=O) groups excluding carboxylic acids is 5. The Hall–Kier alpha value is -3.27. The van der Waals surface area contributed by atoms with Crippen LogP contribution in [0.25, 0.3) is 0 Å². The van der Waals surface area contributed by atoms with Crippen LogP contribution < -0.4 is 15.5 Å². The number of anilines is 2. The molecule has 1 aliphatic heterocycles. The lowest BCUT2D eigenvalue weighted by Crippen LogP contribution is -2.71. The molecule has 1 heterocycles. The molecule has 4 N–H and O–H groups in total. The van der Waals surface area contributed by atoms with Gasteiger partial charge in [0.15, 0.2) is 34.7 Å². The molecule has 1 amide bonds. The highest BCUT2D eigenvalue weighted by molar-refractivity contribution is 6.32. The number of amides is 1. The predicted octanol–water partition coefficient (Wildman–Crippen LogP) is 1.27. The lowest BCUT2D eigenvalue weighted by Gasteiger charge is -2.52. The molecular weight excluding hydrogens is 502 g/mol. The number of primary amides is 1. The van der Waals surface area contributed by atoms with Crippen LogP contribution in [0, 0.1) is 35.5 Å². The predicted molar refractivity (Wildman–Crippen MR) is 143 cm³/mol. The second-order valence-electron chi connectivity index (χ2n) is 12.2. The van der Waals surface area contributed by atoms with E-state index in [1.54, 1.807) is 13.8 Å². The number of hydrogen-bond donors (Lipinski definition) is 3. The first-order valence-corrected chi connectivity index (χ1v) is 13.8. The third kappa shape index (κ3) is 3.82. The normalized spacial score (nSPS) is 32.6. The van der Waals surface area contributed by atoms with Crippen molar-refractivity contribution in [2.75, 3.05) is 37.0 Å². The minimum absolute atomic E-state index is 0.0459. The molecule has 1 saturated heterocycles. The maximum atomic E-state index is 14.1. The first kappa shape index (κ1) is 27.3. The van der Waals surface area contributed by atoms with Crippen molar-refractivity contribution in [3.05, 3.63) is 17.2 Å². The molecule has 3 aliphatic carbocycles. The number of nitrogens with two attached hydrogens (primary N) is 1. The SMILES string of the molecule is CC(C)[C@@H]1C(=O)C(C(N)=O)C(=O)[C@@]2(O)C(=O)C3C(=O)c4c(O)c(N5CCCCC5)cc(N(C)C)c4C[C@H]3C[C@@H]12. The average Bonchev–Trinajstić information content (AvgIpc) is 2.86. The van der Waals surface area contributed by atoms with Crippen molar-refractivity contribution in [3.63, 3.8) is 0 Å². The van der Waals surface area contributed by atoms with Gasteiger partial charge in [-0.15, -0.1) is 0 Å². The lowest BCUT2D eigenvalue weighted by atomic mass is 9.50. The maximum Gasteiger partial charge on any atom is 0.235 e. The van der Waals surface area contributed by atoms with Crippen molar-refractivity contribution < 1.29 is 34.2 Å². The van der Waals surface area contributed by atoms with Crippen LogP contribution in [-0.2, 0) is 25.6 Å². The fourth-order valence-electron chi connectivity index (χ4n) is 7.66. The zero-order valence-corrected chi connectivity index (χ0v) is 22.9. The molecule has 210 valence electrons. The van der Waals surface area contributed by atoms with Crippen molar-refractivity contribution in [1.29, 1.82) is 0 Å². The van der Waals surface area contributed by atoms with Gasteiger partial charge in [0.05, 0.1) is 17.2 Å². The molecule has 6 atom stereocenters. The molecule has 2 unspecified atom stereocenters. The first-order chi connectivity index (χ1) is 18.3. The van der Waals surface area contributed by atoms with Crippen molar-refractivity contribution in [1.82, 2.24) is 0 Å². The minimum Gasteiger partial charge on any atom is -0.505 e. The Morgan fingerprint density at radius 1 is 1.10 bits per heavy atom. The average molecular weight is 540 g/mol. The van der Waals surface area contributed by atoms with Crippen molar-refractivity contribution in [2.45, 2.75) is 51.6 Å². The number of phenols is 1. The molecule has 10 nitrogen and oxygen atoms in total. The molecule has 1 aromatic rings. The van der Waals surface area contributed by atoms with Gasteiger partial charge in [-0.25, -0.2) is 0 Å². The van der Waals surface area contributed by atoms with E-state index in [4.69, 9.17) is 5.73 Å². The molecule has 4 aliphatic rings. The van der Waals surface area contributed by atoms with Crippen LogP contribution in [0.1, 0.15) is 55.5 Å². The number of ketones is 4. The number of fused-ring (bicyclic) bond motifs is 3. The summed E-state index contributed by atoms with van der Waals surface area (Å²) in [5.74, 6) is -11.2. The Balaban J connectivity index is 1.65. The monoisotopic (exact) mass is 539 g/mol. The van der Waals surface area contributed by atoms with Gasteiger partial charge in [-0.05, 0) is 55.6 Å². The van der Waals surface area contributed by atoms with E-state index in [0.29, 0.717) is 11.3 Å². The number of piperidine rings is 1. The Kier molecular flexibility index (Phi) is 6.60.